The molecular weight excluding hydrogens is 242 g/mol. The van der Waals surface area contributed by atoms with Crippen molar-refractivity contribution < 1.29 is 18.1 Å². The molecule has 0 heterocycles. The number of benzene rings is 1. The Morgan fingerprint density at radius 3 is 2.18 bits per heavy atom. The Labute approximate surface area is 101 Å². The van der Waals surface area contributed by atoms with E-state index >= 15 is 0 Å². The summed E-state index contributed by atoms with van der Waals surface area (Å²) >= 11 is 0. The summed E-state index contributed by atoms with van der Waals surface area (Å²) in [5.74, 6) is 0. The van der Waals surface area contributed by atoms with Gasteiger partial charge in [-0.1, -0.05) is 13.8 Å². The lowest BCUT2D eigenvalue weighted by Crippen LogP contribution is -2.26. The third-order valence-electron chi connectivity index (χ3n) is 2.35. The fourth-order valence-electron chi connectivity index (χ4n) is 1.14. The SMILES string of the molecule is CC(C)(CO)CNc1ccc(S(=O)(=O)O)cc1. The number of anilines is 1. The molecule has 5 nitrogen and oxygen atoms in total. The monoisotopic (exact) mass is 259 g/mol. The van der Waals surface area contributed by atoms with E-state index in [-0.39, 0.29) is 16.9 Å². The van der Waals surface area contributed by atoms with Crippen LogP contribution in [0.2, 0.25) is 0 Å². The van der Waals surface area contributed by atoms with E-state index in [0.29, 0.717) is 6.54 Å². The van der Waals surface area contributed by atoms with Gasteiger partial charge in [0.1, 0.15) is 0 Å². The van der Waals surface area contributed by atoms with Crippen molar-refractivity contribution in [1.29, 1.82) is 0 Å². The van der Waals surface area contributed by atoms with Crippen molar-refractivity contribution in [3.05, 3.63) is 24.3 Å². The predicted octanol–water partition coefficient (Wildman–Crippen LogP) is 1.36. The van der Waals surface area contributed by atoms with E-state index in [9.17, 15) is 8.42 Å². The number of nitrogens with one attached hydrogen (secondary N) is 1. The molecule has 0 saturated heterocycles. The lowest BCUT2D eigenvalue weighted by Gasteiger charge is -2.22. The molecular formula is C11H17NO4S. The van der Waals surface area contributed by atoms with E-state index in [0.717, 1.165) is 5.69 Å². The highest BCUT2D eigenvalue weighted by molar-refractivity contribution is 7.85. The molecule has 1 rings (SSSR count). The maximum absolute atomic E-state index is 10.8. The van der Waals surface area contributed by atoms with Crippen molar-refractivity contribution in [2.75, 3.05) is 18.5 Å². The lowest BCUT2D eigenvalue weighted by atomic mass is 9.95. The fourth-order valence-corrected chi connectivity index (χ4v) is 1.62. The molecule has 0 fully saturated rings. The van der Waals surface area contributed by atoms with Gasteiger partial charge in [-0.15, -0.1) is 0 Å². The van der Waals surface area contributed by atoms with Crippen LogP contribution in [0.5, 0.6) is 0 Å². The van der Waals surface area contributed by atoms with Crippen molar-refractivity contribution in [2.24, 2.45) is 5.41 Å². The molecule has 0 aromatic heterocycles. The van der Waals surface area contributed by atoms with Crippen LogP contribution < -0.4 is 5.32 Å². The zero-order chi connectivity index (χ0) is 13.1. The topological polar surface area (TPSA) is 86.6 Å². The third-order valence-corrected chi connectivity index (χ3v) is 3.22. The van der Waals surface area contributed by atoms with Crippen LogP contribution in [-0.2, 0) is 10.1 Å². The summed E-state index contributed by atoms with van der Waals surface area (Å²) in [6.45, 7) is 4.44. The quantitative estimate of drug-likeness (QED) is 0.695. The summed E-state index contributed by atoms with van der Waals surface area (Å²) in [4.78, 5) is -0.135. The average Bonchev–Trinajstić information content (AvgIpc) is 2.26. The second-order valence-electron chi connectivity index (χ2n) is 4.68. The van der Waals surface area contributed by atoms with Crippen LogP contribution >= 0.6 is 0 Å². The van der Waals surface area contributed by atoms with Crippen molar-refractivity contribution in [3.8, 4) is 0 Å². The highest BCUT2D eigenvalue weighted by atomic mass is 32.2. The van der Waals surface area contributed by atoms with Gasteiger partial charge in [0.05, 0.1) is 4.90 Å². The number of hydrogen-bond donors (Lipinski definition) is 3. The van der Waals surface area contributed by atoms with Gasteiger partial charge >= 0.3 is 0 Å². The molecule has 0 aliphatic carbocycles. The summed E-state index contributed by atoms with van der Waals surface area (Å²) in [5, 5.41) is 12.1. The van der Waals surface area contributed by atoms with Crippen LogP contribution in [0, 0.1) is 5.41 Å². The molecule has 0 bridgehead atoms. The third kappa shape index (κ3) is 4.33. The summed E-state index contributed by atoms with van der Waals surface area (Å²) in [6, 6.07) is 5.78. The van der Waals surface area contributed by atoms with Gasteiger partial charge in [0.15, 0.2) is 0 Å². The molecule has 1 aromatic carbocycles. The lowest BCUT2D eigenvalue weighted by molar-refractivity contribution is 0.171. The Hall–Kier alpha value is -1.11. The van der Waals surface area contributed by atoms with Crippen LogP contribution in [0.15, 0.2) is 29.2 Å². The molecule has 0 amide bonds. The Morgan fingerprint density at radius 1 is 1.24 bits per heavy atom. The fraction of sp³-hybridized carbons (Fsp3) is 0.455. The van der Waals surface area contributed by atoms with Crippen LogP contribution in [0.25, 0.3) is 0 Å². The second kappa shape index (κ2) is 5.03. The molecule has 0 saturated carbocycles. The number of aliphatic hydroxyl groups is 1. The maximum Gasteiger partial charge on any atom is 0.294 e. The molecule has 3 N–H and O–H groups in total. The summed E-state index contributed by atoms with van der Waals surface area (Å²) in [5.41, 5.74) is 0.487. The van der Waals surface area contributed by atoms with Crippen LogP contribution in [-0.4, -0.2) is 31.2 Å². The molecule has 6 heteroatoms. The van der Waals surface area contributed by atoms with E-state index in [1.54, 1.807) is 12.1 Å². The largest absolute Gasteiger partial charge is 0.396 e. The van der Waals surface area contributed by atoms with Gasteiger partial charge in [0.25, 0.3) is 10.1 Å². The molecule has 0 unspecified atom stereocenters. The van der Waals surface area contributed by atoms with Crippen LogP contribution in [0.3, 0.4) is 0 Å². The normalized spacial score (nSPS) is 12.5. The van der Waals surface area contributed by atoms with Gasteiger partial charge in [0, 0.05) is 24.3 Å². The van der Waals surface area contributed by atoms with Gasteiger partial charge < -0.3 is 10.4 Å². The number of hydrogen-bond acceptors (Lipinski definition) is 4. The molecule has 0 atom stereocenters. The van der Waals surface area contributed by atoms with E-state index in [1.165, 1.54) is 12.1 Å². The van der Waals surface area contributed by atoms with Gasteiger partial charge in [-0.3, -0.25) is 4.55 Å². The first-order chi connectivity index (χ1) is 7.74. The van der Waals surface area contributed by atoms with E-state index in [2.05, 4.69) is 5.32 Å². The van der Waals surface area contributed by atoms with E-state index < -0.39 is 10.1 Å². The van der Waals surface area contributed by atoms with Crippen molar-refractivity contribution in [3.63, 3.8) is 0 Å². The van der Waals surface area contributed by atoms with Gasteiger partial charge in [-0.2, -0.15) is 8.42 Å². The summed E-state index contributed by atoms with van der Waals surface area (Å²) in [7, 11) is -4.14. The van der Waals surface area contributed by atoms with Crippen molar-refractivity contribution in [2.45, 2.75) is 18.7 Å². The van der Waals surface area contributed by atoms with Gasteiger partial charge in [0.2, 0.25) is 0 Å². The smallest absolute Gasteiger partial charge is 0.294 e. The van der Waals surface area contributed by atoms with E-state index in [4.69, 9.17) is 9.66 Å². The highest BCUT2D eigenvalue weighted by Gasteiger charge is 2.16. The Balaban J connectivity index is 2.70. The zero-order valence-corrected chi connectivity index (χ0v) is 10.7. The zero-order valence-electron chi connectivity index (χ0n) is 9.84. The summed E-state index contributed by atoms with van der Waals surface area (Å²) < 4.78 is 30.4. The highest BCUT2D eigenvalue weighted by Crippen LogP contribution is 2.17. The Morgan fingerprint density at radius 2 is 1.76 bits per heavy atom. The standard InChI is InChI=1S/C11H17NO4S/c1-11(2,8-13)7-12-9-3-5-10(6-4-9)17(14,15)16/h3-6,12-13H,7-8H2,1-2H3,(H,14,15,16). The molecule has 96 valence electrons. The van der Waals surface area contributed by atoms with Crippen molar-refractivity contribution >= 4 is 15.8 Å². The molecule has 0 radical (unpaired) electrons. The van der Waals surface area contributed by atoms with E-state index in [1.807, 2.05) is 13.8 Å². The molecule has 0 aliphatic heterocycles. The molecule has 0 spiro atoms. The first-order valence-electron chi connectivity index (χ1n) is 5.17. The second-order valence-corrected chi connectivity index (χ2v) is 6.10. The first kappa shape index (κ1) is 14.0. The van der Waals surface area contributed by atoms with Crippen LogP contribution in [0.4, 0.5) is 5.69 Å². The minimum absolute atomic E-state index is 0.0586. The average molecular weight is 259 g/mol. The molecule has 1 aromatic rings. The van der Waals surface area contributed by atoms with Gasteiger partial charge in [-0.25, -0.2) is 0 Å². The minimum Gasteiger partial charge on any atom is -0.396 e. The van der Waals surface area contributed by atoms with Crippen LogP contribution in [0.1, 0.15) is 13.8 Å². The minimum atomic E-state index is -4.14. The van der Waals surface area contributed by atoms with Gasteiger partial charge in [-0.05, 0) is 24.3 Å². The first-order valence-corrected chi connectivity index (χ1v) is 6.61. The molecule has 0 aliphatic rings. The number of aliphatic hydroxyl groups excluding tert-OH is 1. The Kier molecular flexibility index (Phi) is 4.13. The summed E-state index contributed by atoms with van der Waals surface area (Å²) in [6.07, 6.45) is 0. The Bertz CT molecular complexity index is 465. The predicted molar refractivity (Wildman–Crippen MR) is 65.6 cm³/mol. The van der Waals surface area contributed by atoms with Crippen molar-refractivity contribution in [1.82, 2.24) is 0 Å². The molecule has 17 heavy (non-hydrogen) atoms. The maximum atomic E-state index is 10.8. The number of rotatable bonds is 5.